The molecule has 0 atom stereocenters. The summed E-state index contributed by atoms with van der Waals surface area (Å²) in [4.78, 5) is 0. The third kappa shape index (κ3) is 5.76. The molecule has 0 aromatic carbocycles. The first-order chi connectivity index (χ1) is 3.13. The van der Waals surface area contributed by atoms with Crippen LogP contribution in [0.15, 0.2) is 0 Å². The molecule has 0 aliphatic rings. The van der Waals surface area contributed by atoms with Crippen molar-refractivity contribution in [2.45, 2.75) is 0 Å². The van der Waals surface area contributed by atoms with Gasteiger partial charge in [-0.15, -0.1) is 5.17 Å². The average molecular weight is 107 g/mol. The number of hydrogen-bond acceptors (Lipinski definition) is 6. The van der Waals surface area contributed by atoms with Crippen molar-refractivity contribution in [3.8, 4) is 0 Å². The highest BCUT2D eigenvalue weighted by Gasteiger charge is 1.91. The smallest absolute Gasteiger partial charge is 0.120 e. The van der Waals surface area contributed by atoms with E-state index in [0.29, 0.717) is 5.17 Å². The molecule has 0 heterocycles. The molecule has 0 radical (unpaired) electrons. The highest BCUT2D eigenvalue weighted by molar-refractivity contribution is 4.18. The fraction of sp³-hybridized carbons (Fsp3) is 1.00. The topological polar surface area (TPSA) is 105 Å². The Morgan fingerprint density at radius 1 is 1.29 bits per heavy atom. The Morgan fingerprint density at radius 3 is 1.71 bits per heavy atom. The van der Waals surface area contributed by atoms with Crippen molar-refractivity contribution in [1.29, 1.82) is 0 Å². The number of nitrogens with zero attached hydrogens (tertiary/aromatic N) is 2. The van der Waals surface area contributed by atoms with Gasteiger partial charge in [0.05, 0.1) is 0 Å². The monoisotopic (exact) mass is 107 g/mol. The van der Waals surface area contributed by atoms with Crippen molar-refractivity contribution in [3.63, 3.8) is 0 Å². The first-order valence-electron chi connectivity index (χ1n) is 1.61. The molecule has 0 aliphatic carbocycles. The van der Waals surface area contributed by atoms with Crippen molar-refractivity contribution in [3.05, 3.63) is 0 Å². The lowest BCUT2D eigenvalue weighted by Gasteiger charge is -2.11. The third-order valence-corrected chi connectivity index (χ3v) is 0.308. The lowest BCUT2D eigenvalue weighted by Crippen LogP contribution is -2.47. The summed E-state index contributed by atoms with van der Waals surface area (Å²) >= 11 is 0. The van der Waals surface area contributed by atoms with Crippen molar-refractivity contribution >= 4 is 0 Å². The fourth-order valence-corrected chi connectivity index (χ4v) is 0.167. The second-order valence-corrected chi connectivity index (χ2v) is 1.10. The van der Waals surface area contributed by atoms with Crippen LogP contribution in [0.4, 0.5) is 0 Å². The minimum atomic E-state index is -0.0833. The Morgan fingerprint density at radius 2 is 1.71 bits per heavy atom. The summed E-state index contributed by atoms with van der Waals surface area (Å²) in [5.74, 6) is 14.3. The standard InChI is InChI=1S/CH9N5O/c2-5(3)1-6(4)7/h7H,1-4H2. The van der Waals surface area contributed by atoms with Gasteiger partial charge in [0.15, 0.2) is 0 Å². The van der Waals surface area contributed by atoms with Crippen molar-refractivity contribution in [2.24, 2.45) is 17.5 Å². The summed E-state index contributed by atoms with van der Waals surface area (Å²) in [5.41, 5.74) is 0. The zero-order valence-electron chi connectivity index (χ0n) is 3.78. The lowest BCUT2D eigenvalue weighted by molar-refractivity contribution is -0.128. The van der Waals surface area contributed by atoms with Crippen LogP contribution < -0.4 is 17.5 Å². The van der Waals surface area contributed by atoms with Crippen LogP contribution in [0.25, 0.3) is 0 Å². The largest absolute Gasteiger partial charge is 0.298 e. The molecule has 0 saturated heterocycles. The molecule has 0 aromatic heterocycles. The van der Waals surface area contributed by atoms with Gasteiger partial charge in [-0.3, -0.25) is 16.9 Å². The zero-order chi connectivity index (χ0) is 5.86. The second kappa shape index (κ2) is 2.86. The normalized spacial score (nSPS) is 11.1. The molecule has 0 aliphatic heterocycles. The molecular weight excluding hydrogens is 98.0 g/mol. The molecular formula is CH9N5O. The third-order valence-electron chi connectivity index (χ3n) is 0.308. The molecule has 0 fully saturated rings. The molecule has 0 aromatic rings. The molecule has 0 rings (SSSR count). The fourth-order valence-electron chi connectivity index (χ4n) is 0.167. The van der Waals surface area contributed by atoms with Crippen molar-refractivity contribution in [1.82, 2.24) is 10.3 Å². The molecule has 0 saturated carbocycles. The molecule has 0 unspecified atom stereocenters. The second-order valence-electron chi connectivity index (χ2n) is 1.10. The van der Waals surface area contributed by atoms with Crippen LogP contribution in [0.5, 0.6) is 0 Å². The maximum Gasteiger partial charge on any atom is 0.120 e. The van der Waals surface area contributed by atoms with Gasteiger partial charge in [-0.2, -0.15) is 5.12 Å². The number of hydrazine groups is 3. The molecule has 44 valence electrons. The first kappa shape index (κ1) is 6.76. The molecule has 6 nitrogen and oxygen atoms in total. The van der Waals surface area contributed by atoms with Crippen LogP contribution in [-0.4, -0.2) is 22.2 Å². The maximum atomic E-state index is 8.13. The minimum absolute atomic E-state index is 0.0833. The predicted octanol–water partition coefficient (Wildman–Crippen LogP) is -2.44. The highest BCUT2D eigenvalue weighted by Crippen LogP contribution is 1.62. The van der Waals surface area contributed by atoms with Crippen LogP contribution in [0, 0.1) is 0 Å². The van der Waals surface area contributed by atoms with E-state index in [9.17, 15) is 0 Å². The van der Waals surface area contributed by atoms with Gasteiger partial charge in [0.2, 0.25) is 0 Å². The van der Waals surface area contributed by atoms with Crippen LogP contribution in [-0.2, 0) is 0 Å². The quantitative estimate of drug-likeness (QED) is 0.177. The van der Waals surface area contributed by atoms with Gasteiger partial charge in [-0.25, -0.2) is 5.84 Å². The van der Waals surface area contributed by atoms with Crippen LogP contribution in [0.1, 0.15) is 0 Å². The number of hydroxylamine groups is 1. The van der Waals surface area contributed by atoms with E-state index in [2.05, 4.69) is 5.84 Å². The zero-order valence-corrected chi connectivity index (χ0v) is 3.78. The van der Waals surface area contributed by atoms with E-state index in [4.69, 9.17) is 16.9 Å². The van der Waals surface area contributed by atoms with Crippen LogP contribution in [0.3, 0.4) is 0 Å². The lowest BCUT2D eigenvalue weighted by atomic mass is 11.1. The molecule has 7 heavy (non-hydrogen) atoms. The maximum absolute atomic E-state index is 8.13. The van der Waals surface area contributed by atoms with Gasteiger partial charge in [-0.1, -0.05) is 0 Å². The number of nitrogens with two attached hydrogens (primary N) is 3. The SMILES string of the molecule is NN(N)CN(N)O. The Kier molecular flexibility index (Phi) is 2.76. The van der Waals surface area contributed by atoms with E-state index in [1.807, 2.05) is 0 Å². The summed E-state index contributed by atoms with van der Waals surface area (Å²) < 4.78 is 0. The highest BCUT2D eigenvalue weighted by atomic mass is 16.5. The van der Waals surface area contributed by atoms with Crippen molar-refractivity contribution < 1.29 is 5.21 Å². The predicted molar refractivity (Wildman–Crippen MR) is 22.9 cm³/mol. The van der Waals surface area contributed by atoms with Gasteiger partial charge < -0.3 is 0 Å². The summed E-state index contributed by atoms with van der Waals surface area (Å²) in [5, 5.41) is 9.26. The Bertz CT molecular complexity index is 37.3. The Hall–Kier alpha value is -0.240. The summed E-state index contributed by atoms with van der Waals surface area (Å²) in [6.45, 7) is -0.0833. The summed E-state index contributed by atoms with van der Waals surface area (Å²) in [6, 6.07) is 0. The first-order valence-corrected chi connectivity index (χ1v) is 1.61. The van der Waals surface area contributed by atoms with E-state index in [1.54, 1.807) is 0 Å². The Labute approximate surface area is 40.9 Å². The van der Waals surface area contributed by atoms with Gasteiger partial charge in [-0.05, 0) is 0 Å². The number of rotatable bonds is 2. The van der Waals surface area contributed by atoms with Crippen LogP contribution in [0.2, 0.25) is 0 Å². The van der Waals surface area contributed by atoms with Gasteiger partial charge in [0.1, 0.15) is 6.67 Å². The number of hydrogen-bond donors (Lipinski definition) is 4. The molecule has 0 spiro atoms. The van der Waals surface area contributed by atoms with Crippen LogP contribution >= 0.6 is 0 Å². The van der Waals surface area contributed by atoms with E-state index < -0.39 is 0 Å². The van der Waals surface area contributed by atoms with Gasteiger partial charge in [0.25, 0.3) is 0 Å². The van der Waals surface area contributed by atoms with E-state index in [0.717, 1.165) is 5.12 Å². The van der Waals surface area contributed by atoms with E-state index in [1.165, 1.54) is 0 Å². The minimum Gasteiger partial charge on any atom is -0.298 e. The van der Waals surface area contributed by atoms with Gasteiger partial charge >= 0.3 is 0 Å². The summed E-state index contributed by atoms with van der Waals surface area (Å²) in [7, 11) is 0. The summed E-state index contributed by atoms with van der Waals surface area (Å²) in [6.07, 6.45) is 0. The Balaban J connectivity index is 2.95. The molecule has 0 bridgehead atoms. The van der Waals surface area contributed by atoms with E-state index in [-0.39, 0.29) is 6.67 Å². The van der Waals surface area contributed by atoms with Gasteiger partial charge in [0, 0.05) is 0 Å². The molecule has 6 heteroatoms. The van der Waals surface area contributed by atoms with Crippen molar-refractivity contribution in [2.75, 3.05) is 6.67 Å². The molecule has 0 amide bonds. The molecule has 7 N–H and O–H groups in total. The average Bonchev–Trinajstić information content (AvgIpc) is 1.27. The van der Waals surface area contributed by atoms with E-state index >= 15 is 0 Å².